The fourth-order valence-corrected chi connectivity index (χ4v) is 3.06. The summed E-state index contributed by atoms with van der Waals surface area (Å²) in [5, 5.41) is 0. The monoisotopic (exact) mass is 236 g/mol. The van der Waals surface area contributed by atoms with E-state index in [4.69, 9.17) is 5.73 Å². The second kappa shape index (κ2) is 5.58. The van der Waals surface area contributed by atoms with Gasteiger partial charge in [-0.3, -0.25) is 4.98 Å². The first-order chi connectivity index (χ1) is 8.24. The Labute approximate surface area is 102 Å². The highest BCUT2D eigenvalue weighted by molar-refractivity contribution is 5.12. The zero-order chi connectivity index (χ0) is 12.3. The first kappa shape index (κ1) is 12.5. The number of aromatic nitrogens is 1. The summed E-state index contributed by atoms with van der Waals surface area (Å²) >= 11 is 0. The van der Waals surface area contributed by atoms with Gasteiger partial charge in [0.25, 0.3) is 0 Å². The lowest BCUT2D eigenvalue weighted by Crippen LogP contribution is -2.31. The van der Waals surface area contributed by atoms with Crippen LogP contribution in [0.5, 0.6) is 0 Å². The predicted molar refractivity (Wildman–Crippen MR) is 66.9 cm³/mol. The summed E-state index contributed by atoms with van der Waals surface area (Å²) in [6.45, 7) is 2.20. The van der Waals surface area contributed by atoms with Crippen molar-refractivity contribution in [3.05, 3.63) is 29.8 Å². The predicted octanol–water partition coefficient (Wildman–Crippen LogP) is 3.44. The van der Waals surface area contributed by atoms with E-state index in [1.807, 2.05) is 0 Å². The van der Waals surface area contributed by atoms with E-state index in [1.54, 1.807) is 12.3 Å². The van der Waals surface area contributed by atoms with Crippen LogP contribution in [0.25, 0.3) is 0 Å². The average molecular weight is 236 g/mol. The van der Waals surface area contributed by atoms with Gasteiger partial charge in [-0.2, -0.15) is 0 Å². The van der Waals surface area contributed by atoms with Gasteiger partial charge in [0.1, 0.15) is 5.82 Å². The summed E-state index contributed by atoms with van der Waals surface area (Å²) in [6.07, 6.45) is 7.59. The van der Waals surface area contributed by atoms with E-state index in [-0.39, 0.29) is 11.9 Å². The first-order valence-corrected chi connectivity index (χ1v) is 6.60. The molecule has 0 radical (unpaired) electrons. The van der Waals surface area contributed by atoms with E-state index in [9.17, 15) is 4.39 Å². The summed E-state index contributed by atoms with van der Waals surface area (Å²) in [7, 11) is 0. The zero-order valence-electron chi connectivity index (χ0n) is 10.4. The summed E-state index contributed by atoms with van der Waals surface area (Å²) in [4.78, 5) is 4.12. The number of halogens is 1. The van der Waals surface area contributed by atoms with Crippen molar-refractivity contribution >= 4 is 0 Å². The second-order valence-corrected chi connectivity index (χ2v) is 5.01. The van der Waals surface area contributed by atoms with Gasteiger partial charge in [0.2, 0.25) is 0 Å². The number of nitrogens with zero attached hydrogens (tertiary/aromatic N) is 1. The molecule has 0 amide bonds. The van der Waals surface area contributed by atoms with Crippen LogP contribution in [0.1, 0.15) is 50.8 Å². The van der Waals surface area contributed by atoms with Crippen LogP contribution in [0.15, 0.2) is 18.3 Å². The van der Waals surface area contributed by atoms with Crippen LogP contribution in [-0.2, 0) is 0 Å². The van der Waals surface area contributed by atoms with Crippen LogP contribution in [0.4, 0.5) is 4.39 Å². The van der Waals surface area contributed by atoms with Crippen LogP contribution in [0, 0.1) is 17.7 Å². The molecule has 0 aliphatic heterocycles. The van der Waals surface area contributed by atoms with Gasteiger partial charge in [-0.15, -0.1) is 0 Å². The average Bonchev–Trinajstić information content (AvgIpc) is 2.38. The minimum Gasteiger partial charge on any atom is -0.322 e. The van der Waals surface area contributed by atoms with Gasteiger partial charge < -0.3 is 5.73 Å². The van der Waals surface area contributed by atoms with E-state index in [1.165, 1.54) is 25.3 Å². The third-order valence-corrected chi connectivity index (χ3v) is 4.06. The second-order valence-electron chi connectivity index (χ2n) is 5.01. The Hall–Kier alpha value is -0.960. The van der Waals surface area contributed by atoms with Gasteiger partial charge in [0, 0.05) is 6.20 Å². The maximum Gasteiger partial charge on any atom is 0.146 e. The normalized spacial score (nSPS) is 26.8. The summed E-state index contributed by atoms with van der Waals surface area (Å²) in [6, 6.07) is 2.82. The van der Waals surface area contributed by atoms with Crippen molar-refractivity contribution in [2.24, 2.45) is 17.6 Å². The van der Waals surface area contributed by atoms with Crippen molar-refractivity contribution in [2.75, 3.05) is 0 Å². The fourth-order valence-electron chi connectivity index (χ4n) is 3.06. The molecule has 0 saturated heterocycles. The van der Waals surface area contributed by atoms with Crippen LogP contribution < -0.4 is 5.73 Å². The lowest BCUT2D eigenvalue weighted by atomic mass is 9.73. The van der Waals surface area contributed by atoms with Crippen LogP contribution in [0.2, 0.25) is 0 Å². The van der Waals surface area contributed by atoms with E-state index in [0.29, 0.717) is 17.5 Å². The SMILES string of the molecule is CCC1CCCCC1C(N)c1ncccc1F. The Balaban J connectivity index is 2.18. The molecule has 1 heterocycles. The van der Waals surface area contributed by atoms with E-state index in [0.717, 1.165) is 12.8 Å². The van der Waals surface area contributed by atoms with Gasteiger partial charge in [0.15, 0.2) is 0 Å². The van der Waals surface area contributed by atoms with Crippen molar-refractivity contribution in [3.8, 4) is 0 Å². The molecule has 1 aromatic rings. The Morgan fingerprint density at radius 3 is 2.94 bits per heavy atom. The standard InChI is InChI=1S/C14H21FN2/c1-2-10-6-3-4-7-11(10)13(16)14-12(15)8-5-9-17-14/h5,8-11,13H,2-4,6-7,16H2,1H3. The van der Waals surface area contributed by atoms with E-state index in [2.05, 4.69) is 11.9 Å². The van der Waals surface area contributed by atoms with E-state index >= 15 is 0 Å². The molecule has 17 heavy (non-hydrogen) atoms. The Bertz CT molecular complexity index is 367. The van der Waals surface area contributed by atoms with Gasteiger partial charge in [-0.1, -0.05) is 32.6 Å². The third-order valence-electron chi connectivity index (χ3n) is 4.06. The molecule has 1 aliphatic carbocycles. The van der Waals surface area contributed by atoms with Crippen molar-refractivity contribution in [2.45, 2.75) is 45.1 Å². The minimum absolute atomic E-state index is 0.249. The van der Waals surface area contributed by atoms with Gasteiger partial charge >= 0.3 is 0 Å². The van der Waals surface area contributed by atoms with Crippen molar-refractivity contribution in [1.29, 1.82) is 0 Å². The van der Waals surface area contributed by atoms with Crippen LogP contribution in [-0.4, -0.2) is 4.98 Å². The molecule has 0 aromatic carbocycles. The number of hydrogen-bond acceptors (Lipinski definition) is 2. The highest BCUT2D eigenvalue weighted by Gasteiger charge is 2.31. The zero-order valence-corrected chi connectivity index (χ0v) is 10.4. The molecule has 0 bridgehead atoms. The molecular formula is C14H21FN2. The first-order valence-electron chi connectivity index (χ1n) is 6.60. The maximum absolute atomic E-state index is 13.7. The molecule has 2 N–H and O–H groups in total. The lowest BCUT2D eigenvalue weighted by molar-refractivity contribution is 0.192. The molecule has 3 heteroatoms. The maximum atomic E-state index is 13.7. The summed E-state index contributed by atoms with van der Waals surface area (Å²) < 4.78 is 13.7. The Morgan fingerprint density at radius 1 is 1.47 bits per heavy atom. The van der Waals surface area contributed by atoms with E-state index < -0.39 is 0 Å². The topological polar surface area (TPSA) is 38.9 Å². The molecule has 1 saturated carbocycles. The quantitative estimate of drug-likeness (QED) is 0.873. The molecular weight excluding hydrogens is 215 g/mol. The number of hydrogen-bond donors (Lipinski definition) is 1. The van der Waals surface area contributed by atoms with Gasteiger partial charge in [-0.05, 0) is 30.4 Å². The molecule has 1 fully saturated rings. The van der Waals surface area contributed by atoms with Crippen molar-refractivity contribution < 1.29 is 4.39 Å². The van der Waals surface area contributed by atoms with Crippen LogP contribution in [0.3, 0.4) is 0 Å². The molecule has 2 rings (SSSR count). The van der Waals surface area contributed by atoms with Crippen LogP contribution >= 0.6 is 0 Å². The number of pyridine rings is 1. The minimum atomic E-state index is -0.263. The van der Waals surface area contributed by atoms with Crippen molar-refractivity contribution in [3.63, 3.8) is 0 Å². The molecule has 3 unspecified atom stereocenters. The molecule has 94 valence electrons. The highest BCUT2D eigenvalue weighted by Crippen LogP contribution is 2.39. The van der Waals surface area contributed by atoms with Crippen molar-refractivity contribution in [1.82, 2.24) is 4.98 Å². The molecule has 0 spiro atoms. The fraction of sp³-hybridized carbons (Fsp3) is 0.643. The molecule has 1 aliphatic rings. The smallest absolute Gasteiger partial charge is 0.146 e. The van der Waals surface area contributed by atoms with Gasteiger partial charge in [-0.25, -0.2) is 4.39 Å². The summed E-state index contributed by atoms with van der Waals surface area (Å²) in [5.41, 5.74) is 6.68. The molecule has 3 atom stereocenters. The largest absolute Gasteiger partial charge is 0.322 e. The summed E-state index contributed by atoms with van der Waals surface area (Å²) in [5.74, 6) is 0.749. The molecule has 2 nitrogen and oxygen atoms in total. The Kier molecular flexibility index (Phi) is 4.11. The lowest BCUT2D eigenvalue weighted by Gasteiger charge is -2.34. The van der Waals surface area contributed by atoms with Gasteiger partial charge in [0.05, 0.1) is 11.7 Å². The Morgan fingerprint density at radius 2 is 2.24 bits per heavy atom. The third kappa shape index (κ3) is 2.65. The number of nitrogens with two attached hydrogens (primary N) is 1. The molecule has 1 aromatic heterocycles. The highest BCUT2D eigenvalue weighted by atomic mass is 19.1. The number of rotatable bonds is 3.